The second-order valence-corrected chi connectivity index (χ2v) is 12.4. The maximum Gasteiger partial charge on any atom is 0.160 e. The highest BCUT2D eigenvalue weighted by atomic mass is 16.3. The van der Waals surface area contributed by atoms with Gasteiger partial charge in [-0.25, -0.2) is 9.97 Å². The number of benzene rings is 8. The Morgan fingerprint density at radius 1 is 0.429 bits per heavy atom. The monoisotopic (exact) mass is 735 g/mol. The van der Waals surface area contributed by atoms with Gasteiger partial charge in [0.05, 0.1) is 41.7 Å². The molecule has 0 unspecified atom stereocenters. The average Bonchev–Trinajstić information content (AvgIpc) is 3.80. The van der Waals surface area contributed by atoms with Gasteiger partial charge in [-0.3, -0.25) is 0 Å². The van der Waals surface area contributed by atoms with Crippen LogP contribution in [0, 0.1) is 0 Å². The Bertz CT molecular complexity index is 3870. The van der Waals surface area contributed by atoms with E-state index in [1.807, 2.05) is 72.8 Å². The number of para-hydroxylation sites is 1. The molecule has 0 saturated heterocycles. The Hall–Kier alpha value is -7.56. The number of hydrogen-bond acceptors (Lipinski definition) is 4. The molecule has 4 heteroatoms. The van der Waals surface area contributed by atoms with Gasteiger partial charge in [-0.2, -0.15) is 0 Å². The first-order valence-electron chi connectivity index (χ1n) is 26.4. The molecule has 2 aromatic heterocycles. The maximum absolute atomic E-state index is 9.58. The lowest BCUT2D eigenvalue weighted by molar-refractivity contribution is 0.669. The van der Waals surface area contributed by atoms with E-state index in [1.165, 1.54) is 12.1 Å². The molecule has 0 aliphatic heterocycles. The van der Waals surface area contributed by atoms with E-state index in [1.54, 1.807) is 18.2 Å². The van der Waals surface area contributed by atoms with Crippen molar-refractivity contribution >= 4 is 39.0 Å². The number of nitrogens with zero attached hydrogens (tertiary/aromatic N) is 3. The van der Waals surface area contributed by atoms with Crippen molar-refractivity contribution in [2.24, 2.45) is 0 Å². The molecule has 56 heavy (non-hydrogen) atoms. The van der Waals surface area contributed by atoms with E-state index in [0.29, 0.717) is 39.1 Å². The fourth-order valence-electron chi connectivity index (χ4n) is 6.54. The maximum atomic E-state index is 9.58. The predicted octanol–water partition coefficient (Wildman–Crippen LogP) is 14.2. The highest BCUT2D eigenvalue weighted by Gasteiger charge is 2.21. The zero-order valence-electron chi connectivity index (χ0n) is 47.1. The molecule has 0 atom stereocenters. The first-order chi connectivity index (χ1) is 35.2. The quantitative estimate of drug-likeness (QED) is 0.156. The summed E-state index contributed by atoms with van der Waals surface area (Å²) < 4.78 is 166. The molecule has 10 aromatic rings. The van der Waals surface area contributed by atoms with Gasteiger partial charge in [0.1, 0.15) is 11.2 Å². The molecule has 4 nitrogen and oxygen atoms in total. The number of hydrogen-bond donors (Lipinski definition) is 0. The lowest BCUT2D eigenvalue weighted by Crippen LogP contribution is -2.11. The van der Waals surface area contributed by atoms with Crippen molar-refractivity contribution in [3.63, 3.8) is 0 Å². The molecule has 0 aliphatic rings. The van der Waals surface area contributed by atoms with Gasteiger partial charge in [-0.15, -0.1) is 0 Å². The van der Waals surface area contributed by atoms with Crippen molar-refractivity contribution in [2.75, 3.05) is 4.90 Å². The lowest BCUT2D eigenvalue weighted by Gasteiger charge is -2.28. The minimum Gasteiger partial charge on any atom is -0.456 e. The fourth-order valence-corrected chi connectivity index (χ4v) is 6.54. The van der Waals surface area contributed by atoms with Crippen LogP contribution in [-0.4, -0.2) is 9.97 Å². The van der Waals surface area contributed by atoms with Crippen molar-refractivity contribution in [1.82, 2.24) is 9.97 Å². The summed E-state index contributed by atoms with van der Waals surface area (Å²) in [4.78, 5) is 10.9. The van der Waals surface area contributed by atoms with Crippen molar-refractivity contribution in [1.29, 1.82) is 0 Å². The standard InChI is InChI=1S/C52H35N3O/c1-5-16-36(17-6-1)37-28-30-41(31-29-37)55(48-26-14-13-24-43(48)38-18-7-2-8-19-38)42-32-33-45-50(34-42)56-49-27-15-25-44(51(45)49)47-35-46(39-20-9-3-10-21-39)53-52(54-47)40-22-11-4-12-23-40/h1-35H/i1D,2D,5D,6D,7D,8D,13D,14D,16D,17D,18D,19D,24D,26D,28D,29D,30D,31D. The number of rotatable bonds is 8. The van der Waals surface area contributed by atoms with E-state index in [4.69, 9.17) is 30.8 Å². The molecule has 0 amide bonds. The second-order valence-electron chi connectivity index (χ2n) is 12.4. The van der Waals surface area contributed by atoms with Gasteiger partial charge < -0.3 is 9.32 Å². The van der Waals surface area contributed by atoms with Crippen LogP contribution in [0.4, 0.5) is 17.1 Å². The summed E-state index contributed by atoms with van der Waals surface area (Å²) in [6.45, 7) is 0. The molecule has 264 valence electrons. The zero-order valence-corrected chi connectivity index (χ0v) is 29.1. The third kappa shape index (κ3) is 6.19. The molecule has 0 fully saturated rings. The van der Waals surface area contributed by atoms with Crippen LogP contribution in [0.5, 0.6) is 0 Å². The highest BCUT2D eigenvalue weighted by molar-refractivity contribution is 6.13. The van der Waals surface area contributed by atoms with Crippen LogP contribution in [0.1, 0.15) is 24.7 Å². The third-order valence-electron chi connectivity index (χ3n) is 9.07. The van der Waals surface area contributed by atoms with Gasteiger partial charge in [0, 0.05) is 50.5 Å². The van der Waals surface area contributed by atoms with Crippen LogP contribution in [0.2, 0.25) is 0 Å². The molecular formula is C52H35N3O. The highest BCUT2D eigenvalue weighted by Crippen LogP contribution is 2.44. The molecule has 8 aromatic carbocycles. The van der Waals surface area contributed by atoms with E-state index >= 15 is 0 Å². The molecule has 0 aliphatic carbocycles. The molecule has 0 bridgehead atoms. The Morgan fingerprint density at radius 3 is 1.82 bits per heavy atom. The van der Waals surface area contributed by atoms with E-state index in [2.05, 4.69) is 0 Å². The number of aromatic nitrogens is 2. The van der Waals surface area contributed by atoms with Crippen LogP contribution in [0.25, 0.3) is 78.1 Å². The van der Waals surface area contributed by atoms with E-state index in [9.17, 15) is 8.22 Å². The van der Waals surface area contributed by atoms with Crippen LogP contribution < -0.4 is 4.90 Å². The normalized spacial score (nSPS) is 15.7. The van der Waals surface area contributed by atoms with E-state index in [0.717, 1.165) is 16.0 Å². The molecule has 0 N–H and O–H groups in total. The first-order valence-corrected chi connectivity index (χ1v) is 17.4. The summed E-state index contributed by atoms with van der Waals surface area (Å²) in [5.74, 6) is 0.449. The molecule has 0 spiro atoms. The molecule has 0 radical (unpaired) electrons. The number of fused-ring (bicyclic) bond motifs is 3. The third-order valence-corrected chi connectivity index (χ3v) is 9.07. The largest absolute Gasteiger partial charge is 0.456 e. The minimum absolute atomic E-state index is 0.118. The summed E-state index contributed by atoms with van der Waals surface area (Å²) >= 11 is 0. The average molecular weight is 736 g/mol. The SMILES string of the molecule is [2H]c1c([2H])c([2H])c(-c2c([2H])c([2H])c(N(c3ccc4c(c3)oc3cccc(-c5cc(-c6ccccc6)nc(-c6ccccc6)n5)c34)c3c([2H])c([2H])c([2H])c([2H])c3-c3c([2H])c([2H])c([2H])c([2H])c3[2H])c([2H])c2[2H])c([2H])c1[2H]. The van der Waals surface area contributed by atoms with Crippen LogP contribution in [0.15, 0.2) is 216 Å². The topological polar surface area (TPSA) is 42.2 Å². The van der Waals surface area contributed by atoms with Gasteiger partial charge in [-0.1, -0.05) is 163 Å². The van der Waals surface area contributed by atoms with Gasteiger partial charge in [-0.05, 0) is 59.1 Å². The smallest absolute Gasteiger partial charge is 0.160 e. The van der Waals surface area contributed by atoms with Gasteiger partial charge in [0.25, 0.3) is 0 Å². The fraction of sp³-hybridized carbons (Fsp3) is 0. The molecular weight excluding hydrogens is 683 g/mol. The lowest BCUT2D eigenvalue weighted by atomic mass is 10.00. The summed E-state index contributed by atoms with van der Waals surface area (Å²) in [7, 11) is 0. The van der Waals surface area contributed by atoms with Crippen molar-refractivity contribution < 1.29 is 29.1 Å². The summed E-state index contributed by atoms with van der Waals surface area (Å²) in [6, 6.07) is 15.4. The molecule has 0 saturated carbocycles. The zero-order chi connectivity index (χ0) is 52.9. The van der Waals surface area contributed by atoms with Crippen molar-refractivity contribution in [3.05, 3.63) is 212 Å². The van der Waals surface area contributed by atoms with Crippen LogP contribution in [0.3, 0.4) is 0 Å². The van der Waals surface area contributed by atoms with Gasteiger partial charge in [0.15, 0.2) is 5.82 Å². The number of furan rings is 1. The molecule has 2 heterocycles. The summed E-state index contributed by atoms with van der Waals surface area (Å²) in [6.07, 6.45) is 0. The van der Waals surface area contributed by atoms with Crippen molar-refractivity contribution in [3.8, 4) is 56.2 Å². The van der Waals surface area contributed by atoms with Crippen LogP contribution >= 0.6 is 0 Å². The Morgan fingerprint density at radius 2 is 1.07 bits per heavy atom. The Labute approximate surface area is 350 Å². The van der Waals surface area contributed by atoms with E-state index in [-0.39, 0.29) is 11.3 Å². The summed E-state index contributed by atoms with van der Waals surface area (Å²) in [5.41, 5.74) is -0.171. The Balaban J connectivity index is 1.29. The van der Waals surface area contributed by atoms with E-state index < -0.39 is 142 Å². The van der Waals surface area contributed by atoms with Gasteiger partial charge >= 0.3 is 0 Å². The summed E-state index contributed by atoms with van der Waals surface area (Å²) in [5, 5.41) is 1.09. The second kappa shape index (κ2) is 14.3. The van der Waals surface area contributed by atoms with Gasteiger partial charge in [0.2, 0.25) is 0 Å². The first kappa shape index (κ1) is 19.2. The van der Waals surface area contributed by atoms with Crippen LogP contribution in [-0.2, 0) is 0 Å². The number of anilines is 3. The predicted molar refractivity (Wildman–Crippen MR) is 231 cm³/mol. The molecule has 10 rings (SSSR count). The minimum atomic E-state index is -0.911. The van der Waals surface area contributed by atoms with Crippen molar-refractivity contribution in [2.45, 2.75) is 0 Å². The Kier molecular flexibility index (Phi) is 4.91.